The third-order valence-corrected chi connectivity index (χ3v) is 4.42. The van der Waals surface area contributed by atoms with E-state index in [1.54, 1.807) is 0 Å². The third kappa shape index (κ3) is 3.28. The average molecular weight is 275 g/mol. The van der Waals surface area contributed by atoms with Crippen LogP contribution in [0, 0.1) is 13.8 Å². The van der Waals surface area contributed by atoms with Gasteiger partial charge in [-0.15, -0.1) is 0 Å². The quantitative estimate of drug-likeness (QED) is 0.845. The van der Waals surface area contributed by atoms with E-state index in [1.807, 2.05) is 13.8 Å². The van der Waals surface area contributed by atoms with E-state index in [0.717, 1.165) is 31.9 Å². The van der Waals surface area contributed by atoms with Gasteiger partial charge in [-0.2, -0.15) is 0 Å². The largest absolute Gasteiger partial charge is 0.379 e. The summed E-state index contributed by atoms with van der Waals surface area (Å²) in [5, 5.41) is 0. The third-order valence-electron chi connectivity index (χ3n) is 4.42. The summed E-state index contributed by atoms with van der Waals surface area (Å²) in [4.78, 5) is 14.9. The smallest absolute Gasteiger partial charge is 0.156 e. The lowest BCUT2D eigenvalue weighted by molar-refractivity contribution is -0.131. The highest BCUT2D eigenvalue weighted by Crippen LogP contribution is 2.20. The van der Waals surface area contributed by atoms with Gasteiger partial charge in [0.2, 0.25) is 0 Å². The molecule has 1 fully saturated rings. The number of carbonyl (C=O) groups is 1. The summed E-state index contributed by atoms with van der Waals surface area (Å²) < 4.78 is 5.37. The minimum absolute atomic E-state index is 0.280. The number of hydrogen-bond donors (Lipinski definition) is 0. The van der Waals surface area contributed by atoms with Crippen LogP contribution in [0.3, 0.4) is 0 Å². The van der Waals surface area contributed by atoms with Gasteiger partial charge in [0.1, 0.15) is 0 Å². The zero-order valence-electron chi connectivity index (χ0n) is 13.0. The van der Waals surface area contributed by atoms with Crippen molar-refractivity contribution in [1.82, 2.24) is 4.90 Å². The molecule has 0 atom stereocenters. The van der Waals surface area contributed by atoms with Gasteiger partial charge >= 0.3 is 0 Å². The number of nitrogens with zero attached hydrogens (tertiary/aromatic N) is 1. The summed E-state index contributed by atoms with van der Waals surface area (Å²) in [5.74, 6) is 0.280. The Kier molecular flexibility index (Phi) is 4.61. The minimum Gasteiger partial charge on any atom is -0.379 e. The van der Waals surface area contributed by atoms with Crippen molar-refractivity contribution < 1.29 is 9.53 Å². The zero-order chi connectivity index (χ0) is 14.8. The lowest BCUT2D eigenvalue weighted by Gasteiger charge is -2.39. The highest BCUT2D eigenvalue weighted by atomic mass is 16.5. The molecule has 1 aromatic rings. The second kappa shape index (κ2) is 6.06. The molecule has 0 amide bonds. The van der Waals surface area contributed by atoms with Crippen molar-refractivity contribution in [2.45, 2.75) is 39.7 Å². The van der Waals surface area contributed by atoms with E-state index in [9.17, 15) is 4.79 Å². The van der Waals surface area contributed by atoms with Crippen molar-refractivity contribution in [1.29, 1.82) is 0 Å². The van der Waals surface area contributed by atoms with E-state index in [0.29, 0.717) is 6.42 Å². The second-order valence-corrected chi connectivity index (χ2v) is 6.18. The second-order valence-electron chi connectivity index (χ2n) is 6.18. The molecular formula is C17H25NO2. The summed E-state index contributed by atoms with van der Waals surface area (Å²) in [7, 11) is 0. The molecule has 0 unspecified atom stereocenters. The van der Waals surface area contributed by atoms with Crippen LogP contribution >= 0.6 is 0 Å². The van der Waals surface area contributed by atoms with Crippen molar-refractivity contribution >= 4 is 5.78 Å². The molecule has 0 aliphatic carbocycles. The van der Waals surface area contributed by atoms with Crippen LogP contribution in [0.2, 0.25) is 0 Å². The summed E-state index contributed by atoms with van der Waals surface area (Å²) >= 11 is 0. The Hall–Kier alpha value is -1.19. The summed E-state index contributed by atoms with van der Waals surface area (Å²) in [6, 6.07) is 6.29. The van der Waals surface area contributed by atoms with Crippen LogP contribution in [-0.4, -0.2) is 42.5 Å². The summed E-state index contributed by atoms with van der Waals surface area (Å²) in [6.45, 7) is 11.4. The standard InChI is InChI=1S/C17H25NO2/c1-13-5-6-15(11-14(13)2)12-16(19)17(3,4)18-7-9-20-10-8-18/h5-6,11H,7-10,12H2,1-4H3. The Morgan fingerprint density at radius 3 is 2.45 bits per heavy atom. The summed E-state index contributed by atoms with van der Waals surface area (Å²) in [5.41, 5.74) is 3.22. The van der Waals surface area contributed by atoms with Crippen LogP contribution in [-0.2, 0) is 16.0 Å². The predicted molar refractivity (Wildman–Crippen MR) is 81.1 cm³/mol. The maximum Gasteiger partial charge on any atom is 0.156 e. The Balaban J connectivity index is 2.07. The van der Waals surface area contributed by atoms with Gasteiger partial charge in [0.05, 0.1) is 18.8 Å². The number of carbonyl (C=O) groups excluding carboxylic acids is 1. The maximum absolute atomic E-state index is 12.6. The van der Waals surface area contributed by atoms with Crippen LogP contribution < -0.4 is 0 Å². The van der Waals surface area contributed by atoms with Gasteiger partial charge in [0, 0.05) is 19.5 Å². The maximum atomic E-state index is 12.6. The molecule has 20 heavy (non-hydrogen) atoms. The molecule has 0 radical (unpaired) electrons. The Morgan fingerprint density at radius 1 is 1.20 bits per heavy atom. The zero-order valence-corrected chi connectivity index (χ0v) is 13.0. The molecule has 1 heterocycles. The topological polar surface area (TPSA) is 29.5 Å². The number of aryl methyl sites for hydroxylation is 2. The fraction of sp³-hybridized carbons (Fsp3) is 0.588. The normalized spacial score (nSPS) is 17.2. The van der Waals surface area contributed by atoms with Crippen molar-refractivity contribution in [2.24, 2.45) is 0 Å². The van der Waals surface area contributed by atoms with Crippen molar-refractivity contribution in [3.05, 3.63) is 34.9 Å². The van der Waals surface area contributed by atoms with E-state index < -0.39 is 5.54 Å². The van der Waals surface area contributed by atoms with Crippen molar-refractivity contribution in [3.63, 3.8) is 0 Å². The molecule has 1 aromatic carbocycles. The van der Waals surface area contributed by atoms with Crippen molar-refractivity contribution in [3.8, 4) is 0 Å². The van der Waals surface area contributed by atoms with E-state index in [4.69, 9.17) is 4.74 Å². The van der Waals surface area contributed by atoms with E-state index in [1.165, 1.54) is 11.1 Å². The SMILES string of the molecule is Cc1ccc(CC(=O)C(C)(C)N2CCOCC2)cc1C. The fourth-order valence-electron chi connectivity index (χ4n) is 2.61. The minimum atomic E-state index is -0.414. The number of hydrogen-bond acceptors (Lipinski definition) is 3. The van der Waals surface area contributed by atoms with Gasteiger partial charge in [-0.25, -0.2) is 0 Å². The average Bonchev–Trinajstić information content (AvgIpc) is 2.44. The Morgan fingerprint density at radius 2 is 1.85 bits per heavy atom. The van der Waals surface area contributed by atoms with Gasteiger partial charge in [-0.05, 0) is 44.4 Å². The Labute approximate surface area is 121 Å². The molecule has 0 aromatic heterocycles. The molecular weight excluding hydrogens is 250 g/mol. The molecule has 2 rings (SSSR count). The highest BCUT2D eigenvalue weighted by Gasteiger charge is 2.34. The first-order valence-electron chi connectivity index (χ1n) is 7.33. The summed E-state index contributed by atoms with van der Waals surface area (Å²) in [6.07, 6.45) is 0.505. The highest BCUT2D eigenvalue weighted by molar-refractivity contribution is 5.89. The van der Waals surface area contributed by atoms with Gasteiger partial charge < -0.3 is 4.74 Å². The first-order valence-corrected chi connectivity index (χ1v) is 7.33. The van der Waals surface area contributed by atoms with E-state index in [2.05, 4.69) is 36.9 Å². The Bertz CT molecular complexity index is 488. The predicted octanol–water partition coefficient (Wildman–Crippen LogP) is 2.53. The van der Waals surface area contributed by atoms with Crippen molar-refractivity contribution in [2.75, 3.05) is 26.3 Å². The molecule has 3 nitrogen and oxygen atoms in total. The molecule has 0 bridgehead atoms. The van der Waals surface area contributed by atoms with Crippen LogP contribution in [0.1, 0.15) is 30.5 Å². The molecule has 0 spiro atoms. The number of benzene rings is 1. The molecule has 0 N–H and O–H groups in total. The molecule has 1 saturated heterocycles. The number of ether oxygens (including phenoxy) is 1. The van der Waals surface area contributed by atoms with Gasteiger partial charge in [-0.1, -0.05) is 18.2 Å². The van der Waals surface area contributed by atoms with Gasteiger partial charge in [0.25, 0.3) is 0 Å². The monoisotopic (exact) mass is 275 g/mol. The van der Waals surface area contributed by atoms with Crippen LogP contribution in [0.4, 0.5) is 0 Å². The number of morpholine rings is 1. The van der Waals surface area contributed by atoms with Crippen LogP contribution in [0.25, 0.3) is 0 Å². The van der Waals surface area contributed by atoms with Crippen LogP contribution in [0.5, 0.6) is 0 Å². The molecule has 1 aliphatic rings. The number of rotatable bonds is 4. The van der Waals surface area contributed by atoms with E-state index in [-0.39, 0.29) is 5.78 Å². The first-order chi connectivity index (χ1) is 9.41. The van der Waals surface area contributed by atoms with Crippen LogP contribution in [0.15, 0.2) is 18.2 Å². The molecule has 1 aliphatic heterocycles. The van der Waals surface area contributed by atoms with Gasteiger partial charge in [-0.3, -0.25) is 9.69 Å². The first kappa shape index (κ1) is 15.2. The lowest BCUT2D eigenvalue weighted by atomic mass is 9.90. The van der Waals surface area contributed by atoms with E-state index >= 15 is 0 Å². The van der Waals surface area contributed by atoms with Gasteiger partial charge in [0.15, 0.2) is 5.78 Å². The molecule has 3 heteroatoms. The molecule has 110 valence electrons. The lowest BCUT2D eigenvalue weighted by Crippen LogP contribution is -2.54. The molecule has 0 saturated carbocycles. The fourth-order valence-corrected chi connectivity index (χ4v) is 2.61. The number of ketones is 1. The number of Topliss-reactive ketones (excluding diaryl/α,β-unsaturated/α-hetero) is 1.